The molecule has 0 aliphatic heterocycles. The Bertz CT molecular complexity index is 696. The minimum absolute atomic E-state index is 0.766. The van der Waals surface area contributed by atoms with Gasteiger partial charge in [-0.15, -0.1) is 11.3 Å². The Morgan fingerprint density at radius 1 is 1.11 bits per heavy atom. The molecule has 0 radical (unpaired) electrons. The second kappa shape index (κ2) is 4.10. The fourth-order valence-electron chi connectivity index (χ4n) is 1.81. The standard InChI is InChI=1S/C13H14N4S/c1-8-4-6-10(18-8)13-14-9-5-7-11(17(2)3)15-12(9)16-13/h4-7H,1-3H3,(H,14,15,16). The Balaban J connectivity index is 2.11. The molecule has 0 unspecified atom stereocenters. The molecular weight excluding hydrogens is 244 g/mol. The lowest BCUT2D eigenvalue weighted by atomic mass is 10.4. The summed E-state index contributed by atoms with van der Waals surface area (Å²) in [6.45, 7) is 2.10. The van der Waals surface area contributed by atoms with E-state index in [2.05, 4.69) is 34.0 Å². The van der Waals surface area contributed by atoms with Crippen molar-refractivity contribution in [1.82, 2.24) is 15.0 Å². The summed E-state index contributed by atoms with van der Waals surface area (Å²) in [5, 5.41) is 0. The summed E-state index contributed by atoms with van der Waals surface area (Å²) >= 11 is 1.73. The van der Waals surface area contributed by atoms with Gasteiger partial charge in [-0.05, 0) is 31.2 Å². The van der Waals surface area contributed by atoms with Crippen molar-refractivity contribution in [2.75, 3.05) is 19.0 Å². The fourth-order valence-corrected chi connectivity index (χ4v) is 2.62. The Morgan fingerprint density at radius 3 is 2.61 bits per heavy atom. The molecule has 0 aliphatic rings. The average Bonchev–Trinajstić information content (AvgIpc) is 2.93. The van der Waals surface area contributed by atoms with Crippen molar-refractivity contribution >= 4 is 28.3 Å². The van der Waals surface area contributed by atoms with E-state index in [-0.39, 0.29) is 0 Å². The van der Waals surface area contributed by atoms with E-state index < -0.39 is 0 Å². The van der Waals surface area contributed by atoms with Gasteiger partial charge < -0.3 is 9.88 Å². The minimum atomic E-state index is 0.766. The maximum atomic E-state index is 4.56. The van der Waals surface area contributed by atoms with E-state index in [1.165, 1.54) is 4.88 Å². The van der Waals surface area contributed by atoms with Crippen LogP contribution in [-0.2, 0) is 0 Å². The third-order valence-electron chi connectivity index (χ3n) is 2.76. The quantitative estimate of drug-likeness (QED) is 0.768. The first-order chi connectivity index (χ1) is 8.63. The lowest BCUT2D eigenvalue weighted by molar-refractivity contribution is 1.08. The predicted octanol–water partition coefficient (Wildman–Crippen LogP) is 3.06. The van der Waals surface area contributed by atoms with E-state index in [4.69, 9.17) is 0 Å². The second-order valence-corrected chi connectivity index (χ2v) is 5.72. The minimum Gasteiger partial charge on any atom is -0.363 e. The summed E-state index contributed by atoms with van der Waals surface area (Å²) in [6.07, 6.45) is 0. The number of anilines is 1. The molecule has 3 rings (SSSR count). The number of fused-ring (bicyclic) bond motifs is 1. The molecule has 0 saturated heterocycles. The fraction of sp³-hybridized carbons (Fsp3) is 0.231. The van der Waals surface area contributed by atoms with Gasteiger partial charge in [0.15, 0.2) is 11.5 Å². The van der Waals surface area contributed by atoms with Crippen molar-refractivity contribution in [1.29, 1.82) is 0 Å². The third-order valence-corrected chi connectivity index (χ3v) is 3.77. The van der Waals surface area contributed by atoms with Gasteiger partial charge in [-0.3, -0.25) is 0 Å². The number of nitrogens with one attached hydrogen (secondary N) is 1. The van der Waals surface area contributed by atoms with Crippen LogP contribution in [0.2, 0.25) is 0 Å². The molecule has 92 valence electrons. The Kier molecular flexibility index (Phi) is 2.56. The van der Waals surface area contributed by atoms with Crippen LogP contribution in [0.1, 0.15) is 4.88 Å². The zero-order valence-electron chi connectivity index (χ0n) is 10.6. The zero-order chi connectivity index (χ0) is 12.7. The number of hydrogen-bond acceptors (Lipinski definition) is 4. The van der Waals surface area contributed by atoms with Crippen LogP contribution in [-0.4, -0.2) is 29.0 Å². The smallest absolute Gasteiger partial charge is 0.180 e. The van der Waals surface area contributed by atoms with Gasteiger partial charge in [0.05, 0.1) is 10.4 Å². The molecule has 0 bridgehead atoms. The maximum absolute atomic E-state index is 4.56. The van der Waals surface area contributed by atoms with E-state index in [1.807, 2.05) is 31.1 Å². The molecule has 4 nitrogen and oxygen atoms in total. The highest BCUT2D eigenvalue weighted by atomic mass is 32.1. The SMILES string of the molecule is Cc1ccc(-c2nc3nc(N(C)C)ccc3[nH]2)s1. The largest absolute Gasteiger partial charge is 0.363 e. The summed E-state index contributed by atoms with van der Waals surface area (Å²) < 4.78 is 0. The molecular formula is C13H14N4S. The van der Waals surface area contributed by atoms with Crippen LogP contribution in [0.5, 0.6) is 0 Å². The van der Waals surface area contributed by atoms with Crippen LogP contribution >= 0.6 is 11.3 Å². The molecule has 0 atom stereocenters. The first-order valence-electron chi connectivity index (χ1n) is 5.74. The van der Waals surface area contributed by atoms with Gasteiger partial charge in [0.25, 0.3) is 0 Å². The lowest BCUT2D eigenvalue weighted by Gasteiger charge is -2.09. The molecule has 18 heavy (non-hydrogen) atoms. The molecule has 1 N–H and O–H groups in total. The molecule has 0 aromatic carbocycles. The number of aromatic amines is 1. The number of nitrogens with zero attached hydrogens (tertiary/aromatic N) is 3. The number of imidazole rings is 1. The highest BCUT2D eigenvalue weighted by molar-refractivity contribution is 7.15. The first-order valence-corrected chi connectivity index (χ1v) is 6.56. The number of rotatable bonds is 2. The molecule has 0 fully saturated rings. The maximum Gasteiger partial charge on any atom is 0.180 e. The van der Waals surface area contributed by atoms with Crippen LogP contribution in [0.4, 0.5) is 5.82 Å². The monoisotopic (exact) mass is 258 g/mol. The molecule has 0 amide bonds. The summed E-state index contributed by atoms with van der Waals surface area (Å²) in [4.78, 5) is 16.8. The van der Waals surface area contributed by atoms with Gasteiger partial charge in [-0.25, -0.2) is 9.97 Å². The summed E-state index contributed by atoms with van der Waals surface area (Å²) in [5.74, 6) is 1.81. The summed E-state index contributed by atoms with van der Waals surface area (Å²) in [5.41, 5.74) is 1.74. The number of thiophene rings is 1. The van der Waals surface area contributed by atoms with E-state index in [9.17, 15) is 0 Å². The van der Waals surface area contributed by atoms with Gasteiger partial charge in [-0.2, -0.15) is 0 Å². The van der Waals surface area contributed by atoms with Crippen molar-refractivity contribution in [2.24, 2.45) is 0 Å². The molecule has 3 heterocycles. The van der Waals surface area contributed by atoms with Crippen LogP contribution < -0.4 is 4.90 Å². The van der Waals surface area contributed by atoms with E-state index in [0.717, 1.165) is 27.7 Å². The zero-order valence-corrected chi connectivity index (χ0v) is 11.4. The van der Waals surface area contributed by atoms with Crippen molar-refractivity contribution in [3.8, 4) is 10.7 Å². The highest BCUT2D eigenvalue weighted by Gasteiger charge is 2.09. The normalized spacial score (nSPS) is 11.1. The number of pyridine rings is 1. The Hall–Kier alpha value is -1.88. The van der Waals surface area contributed by atoms with Gasteiger partial charge >= 0.3 is 0 Å². The predicted molar refractivity (Wildman–Crippen MR) is 76.3 cm³/mol. The molecule has 0 saturated carbocycles. The number of aromatic nitrogens is 3. The van der Waals surface area contributed by atoms with Crippen molar-refractivity contribution < 1.29 is 0 Å². The van der Waals surface area contributed by atoms with Crippen molar-refractivity contribution in [3.05, 3.63) is 29.1 Å². The van der Waals surface area contributed by atoms with Gasteiger partial charge in [-0.1, -0.05) is 0 Å². The van der Waals surface area contributed by atoms with E-state index in [0.29, 0.717) is 0 Å². The first kappa shape index (κ1) is 11.2. The van der Waals surface area contributed by atoms with Crippen LogP contribution in [0.3, 0.4) is 0 Å². The third kappa shape index (κ3) is 1.86. The van der Waals surface area contributed by atoms with Gasteiger partial charge in [0.1, 0.15) is 5.82 Å². The molecule has 3 aromatic rings. The lowest BCUT2D eigenvalue weighted by Crippen LogP contribution is -2.10. The van der Waals surface area contributed by atoms with Gasteiger partial charge in [0.2, 0.25) is 0 Å². The molecule has 3 aromatic heterocycles. The van der Waals surface area contributed by atoms with Gasteiger partial charge in [0, 0.05) is 19.0 Å². The van der Waals surface area contributed by atoms with Crippen molar-refractivity contribution in [3.63, 3.8) is 0 Å². The van der Waals surface area contributed by atoms with E-state index in [1.54, 1.807) is 11.3 Å². The molecule has 0 aliphatic carbocycles. The molecule has 0 spiro atoms. The second-order valence-electron chi connectivity index (χ2n) is 4.43. The van der Waals surface area contributed by atoms with Crippen LogP contribution in [0, 0.1) is 6.92 Å². The Morgan fingerprint density at radius 2 is 1.94 bits per heavy atom. The van der Waals surface area contributed by atoms with E-state index >= 15 is 0 Å². The number of H-pyrrole nitrogens is 1. The topological polar surface area (TPSA) is 44.8 Å². The summed E-state index contributed by atoms with van der Waals surface area (Å²) in [7, 11) is 3.95. The number of aryl methyl sites for hydroxylation is 1. The van der Waals surface area contributed by atoms with Crippen LogP contribution in [0.25, 0.3) is 21.9 Å². The molecule has 5 heteroatoms. The van der Waals surface area contributed by atoms with Crippen molar-refractivity contribution in [2.45, 2.75) is 6.92 Å². The number of hydrogen-bond donors (Lipinski definition) is 1. The Labute approximate surface area is 109 Å². The summed E-state index contributed by atoms with van der Waals surface area (Å²) in [6, 6.07) is 8.20. The van der Waals surface area contributed by atoms with Crippen LogP contribution in [0.15, 0.2) is 24.3 Å². The highest BCUT2D eigenvalue weighted by Crippen LogP contribution is 2.27. The average molecular weight is 258 g/mol.